The maximum Gasteiger partial charge on any atom is 0.233 e. The van der Waals surface area contributed by atoms with Crippen molar-refractivity contribution in [1.82, 2.24) is 15.0 Å². The molecule has 6 heteroatoms. The van der Waals surface area contributed by atoms with Crippen LogP contribution in [0.25, 0.3) is 0 Å². The maximum absolute atomic E-state index is 5.83. The summed E-state index contributed by atoms with van der Waals surface area (Å²) >= 11 is 5.83. The molecular formula is C13H16ClN5. The highest BCUT2D eigenvalue weighted by atomic mass is 35.5. The molecule has 0 aliphatic rings. The first-order chi connectivity index (χ1) is 9.08. The topological polar surface area (TPSA) is 62.7 Å². The van der Waals surface area contributed by atoms with Crippen LogP contribution in [0.15, 0.2) is 24.3 Å². The molecule has 1 aromatic carbocycles. The second-order valence-electron chi connectivity index (χ2n) is 4.41. The van der Waals surface area contributed by atoms with Gasteiger partial charge in [-0.25, -0.2) is 0 Å². The number of benzene rings is 1. The number of aromatic nitrogens is 3. The molecule has 100 valence electrons. The average Bonchev–Trinajstić information content (AvgIpc) is 2.38. The van der Waals surface area contributed by atoms with E-state index in [1.54, 1.807) is 7.05 Å². The first kappa shape index (κ1) is 13.5. The Labute approximate surface area is 117 Å². The zero-order chi connectivity index (χ0) is 13.8. The molecule has 2 N–H and O–H groups in total. The fourth-order valence-electron chi connectivity index (χ4n) is 1.62. The molecule has 0 atom stereocenters. The third-order valence-electron chi connectivity index (χ3n) is 2.64. The molecule has 0 aliphatic carbocycles. The van der Waals surface area contributed by atoms with Crippen molar-refractivity contribution in [1.29, 1.82) is 0 Å². The van der Waals surface area contributed by atoms with E-state index >= 15 is 0 Å². The minimum absolute atomic E-state index is 0.155. The van der Waals surface area contributed by atoms with Crippen molar-refractivity contribution in [2.75, 3.05) is 17.7 Å². The van der Waals surface area contributed by atoms with Crippen LogP contribution in [0.2, 0.25) is 5.28 Å². The lowest BCUT2D eigenvalue weighted by Gasteiger charge is -2.10. The van der Waals surface area contributed by atoms with Gasteiger partial charge < -0.3 is 10.6 Å². The summed E-state index contributed by atoms with van der Waals surface area (Å²) < 4.78 is 0. The normalized spacial score (nSPS) is 10.6. The predicted octanol–water partition coefficient (Wildman–Crippen LogP) is 3.43. The monoisotopic (exact) mass is 277 g/mol. The molecule has 2 aromatic rings. The summed E-state index contributed by atoms with van der Waals surface area (Å²) in [5, 5.41) is 6.12. The number of anilines is 3. The van der Waals surface area contributed by atoms with Crippen LogP contribution in [-0.2, 0) is 0 Å². The Hall–Kier alpha value is -1.88. The Morgan fingerprint density at radius 3 is 2.53 bits per heavy atom. The van der Waals surface area contributed by atoms with Crippen molar-refractivity contribution in [2.24, 2.45) is 0 Å². The SMILES string of the molecule is CNc1nc(Cl)nc(Nc2cccc(C(C)C)c2)n1. The molecule has 0 bridgehead atoms. The van der Waals surface area contributed by atoms with E-state index in [0.717, 1.165) is 5.69 Å². The van der Waals surface area contributed by atoms with Gasteiger partial charge in [0.1, 0.15) is 0 Å². The fraction of sp³-hybridized carbons (Fsp3) is 0.308. The highest BCUT2D eigenvalue weighted by Crippen LogP contribution is 2.21. The van der Waals surface area contributed by atoms with Gasteiger partial charge >= 0.3 is 0 Å². The van der Waals surface area contributed by atoms with E-state index in [1.807, 2.05) is 12.1 Å². The fourth-order valence-corrected chi connectivity index (χ4v) is 1.78. The molecule has 0 saturated carbocycles. The average molecular weight is 278 g/mol. The summed E-state index contributed by atoms with van der Waals surface area (Å²) in [5.41, 5.74) is 2.18. The lowest BCUT2D eigenvalue weighted by molar-refractivity contribution is 0.867. The van der Waals surface area contributed by atoms with Gasteiger partial charge in [-0.1, -0.05) is 26.0 Å². The number of hydrogen-bond acceptors (Lipinski definition) is 5. The zero-order valence-electron chi connectivity index (χ0n) is 11.1. The van der Waals surface area contributed by atoms with E-state index in [-0.39, 0.29) is 5.28 Å². The largest absolute Gasteiger partial charge is 0.357 e. The van der Waals surface area contributed by atoms with Crippen LogP contribution < -0.4 is 10.6 Å². The lowest BCUT2D eigenvalue weighted by Crippen LogP contribution is -2.04. The van der Waals surface area contributed by atoms with E-state index in [9.17, 15) is 0 Å². The zero-order valence-corrected chi connectivity index (χ0v) is 11.9. The van der Waals surface area contributed by atoms with Gasteiger partial charge in [-0.3, -0.25) is 0 Å². The van der Waals surface area contributed by atoms with Crippen molar-refractivity contribution >= 4 is 29.2 Å². The Bertz CT molecular complexity index is 571. The van der Waals surface area contributed by atoms with E-state index in [2.05, 4.69) is 51.6 Å². The molecule has 19 heavy (non-hydrogen) atoms. The summed E-state index contributed by atoms with van der Waals surface area (Å²) in [7, 11) is 1.73. The number of nitrogens with one attached hydrogen (secondary N) is 2. The highest BCUT2D eigenvalue weighted by Gasteiger charge is 2.05. The van der Waals surface area contributed by atoms with E-state index in [1.165, 1.54) is 5.56 Å². The molecule has 5 nitrogen and oxygen atoms in total. The summed E-state index contributed by atoms with van der Waals surface area (Å²) in [6.45, 7) is 4.30. The molecule has 0 unspecified atom stereocenters. The van der Waals surface area contributed by atoms with Gasteiger partial charge in [0.2, 0.25) is 17.2 Å². The molecule has 0 amide bonds. The Kier molecular flexibility index (Phi) is 4.16. The summed E-state index contributed by atoms with van der Waals surface area (Å²) in [6, 6.07) is 8.12. The van der Waals surface area contributed by atoms with Crippen molar-refractivity contribution in [3.05, 3.63) is 35.1 Å². The van der Waals surface area contributed by atoms with Crippen LogP contribution in [0.3, 0.4) is 0 Å². The first-order valence-corrected chi connectivity index (χ1v) is 6.42. The molecule has 0 fully saturated rings. The molecular weight excluding hydrogens is 262 g/mol. The first-order valence-electron chi connectivity index (χ1n) is 6.05. The number of halogens is 1. The van der Waals surface area contributed by atoms with Crippen molar-refractivity contribution < 1.29 is 0 Å². The van der Waals surface area contributed by atoms with Gasteiger partial charge in [-0.05, 0) is 35.2 Å². The number of rotatable bonds is 4. The smallest absolute Gasteiger partial charge is 0.233 e. The van der Waals surface area contributed by atoms with Gasteiger partial charge in [0.15, 0.2) is 0 Å². The van der Waals surface area contributed by atoms with Crippen LogP contribution in [-0.4, -0.2) is 22.0 Å². The van der Waals surface area contributed by atoms with Gasteiger partial charge in [0.25, 0.3) is 0 Å². The summed E-state index contributed by atoms with van der Waals surface area (Å²) in [6.07, 6.45) is 0. The Morgan fingerprint density at radius 1 is 1.11 bits per heavy atom. The van der Waals surface area contributed by atoms with E-state index < -0.39 is 0 Å². The molecule has 0 saturated heterocycles. The second-order valence-corrected chi connectivity index (χ2v) is 4.74. The molecule has 2 rings (SSSR count). The maximum atomic E-state index is 5.83. The standard InChI is InChI=1S/C13H16ClN5/c1-8(2)9-5-4-6-10(7-9)16-13-18-11(14)17-12(15-3)19-13/h4-8H,1-3H3,(H2,15,16,17,18,19). The molecule has 0 radical (unpaired) electrons. The Morgan fingerprint density at radius 2 is 1.84 bits per heavy atom. The third-order valence-corrected chi connectivity index (χ3v) is 2.81. The summed E-state index contributed by atoms with van der Waals surface area (Å²) in [5.74, 6) is 1.32. The van der Waals surface area contributed by atoms with Crippen molar-refractivity contribution in [2.45, 2.75) is 19.8 Å². The second kappa shape index (κ2) is 5.84. The van der Waals surface area contributed by atoms with Gasteiger partial charge in [-0.15, -0.1) is 0 Å². The highest BCUT2D eigenvalue weighted by molar-refractivity contribution is 6.28. The molecule has 1 heterocycles. The molecule has 0 aliphatic heterocycles. The number of nitrogens with zero attached hydrogens (tertiary/aromatic N) is 3. The quantitative estimate of drug-likeness (QED) is 0.896. The van der Waals surface area contributed by atoms with Crippen LogP contribution in [0.1, 0.15) is 25.3 Å². The predicted molar refractivity (Wildman–Crippen MR) is 78.2 cm³/mol. The van der Waals surface area contributed by atoms with E-state index in [4.69, 9.17) is 11.6 Å². The van der Waals surface area contributed by atoms with Crippen molar-refractivity contribution in [3.8, 4) is 0 Å². The third kappa shape index (κ3) is 3.54. The molecule has 0 spiro atoms. The minimum Gasteiger partial charge on any atom is -0.357 e. The van der Waals surface area contributed by atoms with Crippen LogP contribution >= 0.6 is 11.6 Å². The van der Waals surface area contributed by atoms with E-state index in [0.29, 0.717) is 17.8 Å². The lowest BCUT2D eigenvalue weighted by atomic mass is 10.0. The van der Waals surface area contributed by atoms with Crippen LogP contribution in [0.5, 0.6) is 0 Å². The summed E-state index contributed by atoms with van der Waals surface area (Å²) in [4.78, 5) is 12.2. The molecule has 1 aromatic heterocycles. The van der Waals surface area contributed by atoms with Crippen molar-refractivity contribution in [3.63, 3.8) is 0 Å². The van der Waals surface area contributed by atoms with Gasteiger partial charge in [0.05, 0.1) is 0 Å². The van der Waals surface area contributed by atoms with Gasteiger partial charge in [-0.2, -0.15) is 15.0 Å². The van der Waals surface area contributed by atoms with Crippen LogP contribution in [0.4, 0.5) is 17.6 Å². The minimum atomic E-state index is 0.155. The number of hydrogen-bond donors (Lipinski definition) is 2. The van der Waals surface area contributed by atoms with Gasteiger partial charge in [0, 0.05) is 12.7 Å². The Balaban J connectivity index is 2.25. The van der Waals surface area contributed by atoms with Crippen LogP contribution in [0, 0.1) is 0 Å².